The molecule has 1 amide bonds. The molecule has 4 nitrogen and oxygen atoms in total. The van der Waals surface area contributed by atoms with Crippen molar-refractivity contribution in [3.8, 4) is 0 Å². The first-order chi connectivity index (χ1) is 8.39. The highest BCUT2D eigenvalue weighted by atomic mass is 32.2. The second-order valence-corrected chi connectivity index (χ2v) is 7.01. The summed E-state index contributed by atoms with van der Waals surface area (Å²) in [4.78, 5) is 13.4. The summed E-state index contributed by atoms with van der Waals surface area (Å²) >= 11 is 0. The van der Waals surface area contributed by atoms with Crippen molar-refractivity contribution < 1.29 is 13.2 Å². The van der Waals surface area contributed by atoms with Gasteiger partial charge in [-0.15, -0.1) is 0 Å². The molecule has 1 heterocycles. The summed E-state index contributed by atoms with van der Waals surface area (Å²) < 4.78 is 23.1. The van der Waals surface area contributed by atoms with E-state index >= 15 is 0 Å². The Balaban J connectivity index is 2.33. The number of carbonyl (C=O) groups excluding carboxylic acids is 1. The van der Waals surface area contributed by atoms with Crippen LogP contribution in [0.5, 0.6) is 0 Å². The van der Waals surface area contributed by atoms with Crippen molar-refractivity contribution in [1.82, 2.24) is 0 Å². The second kappa shape index (κ2) is 4.72. The van der Waals surface area contributed by atoms with Crippen LogP contribution < -0.4 is 4.90 Å². The zero-order valence-electron chi connectivity index (χ0n) is 10.6. The number of anilines is 1. The number of aryl methyl sites for hydroxylation is 1. The van der Waals surface area contributed by atoms with E-state index in [9.17, 15) is 13.2 Å². The van der Waals surface area contributed by atoms with E-state index in [1.165, 1.54) is 6.92 Å². The molecular formula is C13H17NO3S. The van der Waals surface area contributed by atoms with Crippen molar-refractivity contribution in [2.75, 3.05) is 16.4 Å². The molecule has 1 fully saturated rings. The Hall–Kier alpha value is -1.36. The Morgan fingerprint density at radius 2 is 2.11 bits per heavy atom. The predicted octanol–water partition coefficient (Wildman–Crippen LogP) is 1.54. The fourth-order valence-electron chi connectivity index (χ4n) is 2.41. The molecule has 98 valence electrons. The molecule has 0 radical (unpaired) electrons. The number of benzene rings is 1. The quantitative estimate of drug-likeness (QED) is 0.816. The van der Waals surface area contributed by atoms with Gasteiger partial charge in [0.1, 0.15) is 0 Å². The Bertz CT molecular complexity index is 565. The van der Waals surface area contributed by atoms with Crippen LogP contribution in [-0.2, 0) is 14.6 Å². The van der Waals surface area contributed by atoms with Gasteiger partial charge in [0.15, 0.2) is 9.84 Å². The maximum Gasteiger partial charge on any atom is 0.224 e. The van der Waals surface area contributed by atoms with Crippen molar-refractivity contribution in [1.29, 1.82) is 0 Å². The SMILES string of the molecule is CC(=O)N(c1cccc(C)c1)[C@@H]1CCS(=O)(=O)C1. The Morgan fingerprint density at radius 1 is 1.39 bits per heavy atom. The summed E-state index contributed by atoms with van der Waals surface area (Å²) in [6, 6.07) is 7.36. The highest BCUT2D eigenvalue weighted by Crippen LogP contribution is 2.25. The van der Waals surface area contributed by atoms with Gasteiger partial charge >= 0.3 is 0 Å². The van der Waals surface area contributed by atoms with Crippen molar-refractivity contribution >= 4 is 21.4 Å². The Labute approximate surface area is 108 Å². The minimum Gasteiger partial charge on any atom is -0.309 e. The fourth-order valence-corrected chi connectivity index (χ4v) is 4.11. The molecule has 2 rings (SSSR count). The Morgan fingerprint density at radius 3 is 2.61 bits per heavy atom. The van der Waals surface area contributed by atoms with Gasteiger partial charge in [-0.25, -0.2) is 8.42 Å². The van der Waals surface area contributed by atoms with Crippen LogP contribution in [0.1, 0.15) is 18.9 Å². The Kier molecular flexibility index (Phi) is 3.43. The molecule has 0 N–H and O–H groups in total. The van der Waals surface area contributed by atoms with E-state index in [0.717, 1.165) is 11.3 Å². The highest BCUT2D eigenvalue weighted by Gasteiger charge is 2.34. The van der Waals surface area contributed by atoms with E-state index < -0.39 is 9.84 Å². The summed E-state index contributed by atoms with van der Waals surface area (Å²) in [5.74, 6) is 0.135. The third-order valence-corrected chi connectivity index (χ3v) is 4.94. The lowest BCUT2D eigenvalue weighted by Crippen LogP contribution is -2.39. The molecule has 0 aromatic heterocycles. The van der Waals surface area contributed by atoms with Gasteiger partial charge in [-0.05, 0) is 31.0 Å². The van der Waals surface area contributed by atoms with Gasteiger partial charge in [0, 0.05) is 12.6 Å². The van der Waals surface area contributed by atoms with E-state index in [-0.39, 0.29) is 23.5 Å². The first-order valence-electron chi connectivity index (χ1n) is 5.96. The van der Waals surface area contributed by atoms with Crippen LogP contribution in [-0.4, -0.2) is 31.9 Å². The number of sulfone groups is 1. The molecule has 1 aliphatic heterocycles. The van der Waals surface area contributed by atoms with Crippen LogP contribution in [0.25, 0.3) is 0 Å². The molecule has 1 atom stereocenters. The minimum absolute atomic E-state index is 0.0700. The number of rotatable bonds is 2. The molecule has 5 heteroatoms. The lowest BCUT2D eigenvalue weighted by Gasteiger charge is -2.27. The van der Waals surface area contributed by atoms with Gasteiger partial charge < -0.3 is 4.90 Å². The van der Waals surface area contributed by atoms with Crippen molar-refractivity contribution in [2.45, 2.75) is 26.3 Å². The van der Waals surface area contributed by atoms with Crippen LogP contribution in [0.3, 0.4) is 0 Å². The monoisotopic (exact) mass is 267 g/mol. The highest BCUT2D eigenvalue weighted by molar-refractivity contribution is 7.91. The number of hydrogen-bond acceptors (Lipinski definition) is 3. The molecule has 0 bridgehead atoms. The topological polar surface area (TPSA) is 54.5 Å². The molecule has 1 aliphatic rings. The minimum atomic E-state index is -2.99. The lowest BCUT2D eigenvalue weighted by atomic mass is 10.1. The summed E-state index contributed by atoms with van der Waals surface area (Å²) in [5.41, 5.74) is 1.84. The van der Waals surface area contributed by atoms with Crippen LogP contribution >= 0.6 is 0 Å². The van der Waals surface area contributed by atoms with Gasteiger partial charge in [0.25, 0.3) is 0 Å². The van der Waals surface area contributed by atoms with E-state index in [1.807, 2.05) is 31.2 Å². The number of carbonyl (C=O) groups is 1. The molecule has 18 heavy (non-hydrogen) atoms. The fraction of sp³-hybridized carbons (Fsp3) is 0.462. The van der Waals surface area contributed by atoms with E-state index in [1.54, 1.807) is 4.90 Å². The molecule has 1 aromatic rings. The summed E-state index contributed by atoms with van der Waals surface area (Å²) in [6.07, 6.45) is 0.524. The van der Waals surface area contributed by atoms with Crippen molar-refractivity contribution in [3.63, 3.8) is 0 Å². The first-order valence-corrected chi connectivity index (χ1v) is 7.78. The maximum atomic E-state index is 11.8. The average Bonchev–Trinajstić information content (AvgIpc) is 2.58. The molecule has 0 saturated carbocycles. The van der Waals surface area contributed by atoms with Gasteiger partial charge in [-0.2, -0.15) is 0 Å². The third-order valence-electron chi connectivity index (χ3n) is 3.19. The molecule has 1 aromatic carbocycles. The zero-order chi connectivity index (χ0) is 13.3. The maximum absolute atomic E-state index is 11.8. The van der Waals surface area contributed by atoms with Crippen LogP contribution in [0.2, 0.25) is 0 Å². The predicted molar refractivity (Wildman–Crippen MR) is 71.4 cm³/mol. The number of hydrogen-bond donors (Lipinski definition) is 0. The largest absolute Gasteiger partial charge is 0.309 e. The smallest absolute Gasteiger partial charge is 0.224 e. The molecule has 0 aliphatic carbocycles. The van der Waals surface area contributed by atoms with Gasteiger partial charge in [-0.3, -0.25) is 4.79 Å². The average molecular weight is 267 g/mol. The molecule has 1 saturated heterocycles. The van der Waals surface area contributed by atoms with Crippen molar-refractivity contribution in [2.24, 2.45) is 0 Å². The summed E-state index contributed by atoms with van der Waals surface area (Å²) in [6.45, 7) is 3.43. The van der Waals surface area contributed by atoms with Gasteiger partial charge in [0.2, 0.25) is 5.91 Å². The molecule has 0 spiro atoms. The zero-order valence-corrected chi connectivity index (χ0v) is 11.4. The van der Waals surface area contributed by atoms with Crippen LogP contribution in [0, 0.1) is 6.92 Å². The molecule has 0 unspecified atom stereocenters. The summed E-state index contributed by atoms with van der Waals surface area (Å²) in [5, 5.41) is 0. The number of amides is 1. The lowest BCUT2D eigenvalue weighted by molar-refractivity contribution is -0.116. The van der Waals surface area contributed by atoms with Gasteiger partial charge in [-0.1, -0.05) is 12.1 Å². The second-order valence-electron chi connectivity index (χ2n) is 4.78. The van der Waals surface area contributed by atoms with E-state index in [0.29, 0.717) is 6.42 Å². The van der Waals surface area contributed by atoms with Crippen LogP contribution in [0.15, 0.2) is 24.3 Å². The van der Waals surface area contributed by atoms with Crippen LogP contribution in [0.4, 0.5) is 5.69 Å². The number of nitrogens with zero attached hydrogens (tertiary/aromatic N) is 1. The van der Waals surface area contributed by atoms with E-state index in [2.05, 4.69) is 0 Å². The normalized spacial score (nSPS) is 21.8. The van der Waals surface area contributed by atoms with E-state index in [4.69, 9.17) is 0 Å². The first kappa shape index (κ1) is 13.1. The van der Waals surface area contributed by atoms with Gasteiger partial charge in [0.05, 0.1) is 17.5 Å². The third kappa shape index (κ3) is 2.72. The van der Waals surface area contributed by atoms with Crippen molar-refractivity contribution in [3.05, 3.63) is 29.8 Å². The standard InChI is InChI=1S/C13H17NO3S/c1-10-4-3-5-12(8-10)14(11(2)15)13-6-7-18(16,17)9-13/h3-5,8,13H,6-7,9H2,1-2H3/t13-/m1/s1. The molecular weight excluding hydrogens is 250 g/mol. The summed E-state index contributed by atoms with van der Waals surface area (Å²) in [7, 11) is -2.99.